The average molecular weight is 314 g/mol. The van der Waals surface area contributed by atoms with Crippen molar-refractivity contribution in [3.63, 3.8) is 0 Å². The summed E-state index contributed by atoms with van der Waals surface area (Å²) < 4.78 is 10.4. The van der Waals surface area contributed by atoms with Gasteiger partial charge in [-0.3, -0.25) is 20.4 Å². The van der Waals surface area contributed by atoms with Crippen molar-refractivity contribution in [2.45, 2.75) is 6.42 Å². The normalized spacial score (nSPS) is 11.8. The molecule has 0 fully saturated rings. The number of ether oxygens (including phenoxy) is 2. The maximum Gasteiger partial charge on any atom is 0.269 e. The van der Waals surface area contributed by atoms with Crippen LogP contribution in [0.1, 0.15) is 15.9 Å². The van der Waals surface area contributed by atoms with E-state index in [1.165, 1.54) is 12.1 Å². The maximum atomic E-state index is 12.0. The van der Waals surface area contributed by atoms with Crippen LogP contribution in [0.3, 0.4) is 0 Å². The minimum absolute atomic E-state index is 0.0375. The zero-order chi connectivity index (χ0) is 16.2. The molecule has 0 saturated heterocycles. The topological polar surface area (TPSA) is 96.9 Å². The summed E-state index contributed by atoms with van der Waals surface area (Å²) >= 11 is 0. The van der Waals surface area contributed by atoms with Crippen LogP contribution in [0.4, 0.5) is 0 Å². The van der Waals surface area contributed by atoms with E-state index in [0.29, 0.717) is 22.6 Å². The third kappa shape index (κ3) is 3.52. The van der Waals surface area contributed by atoms with E-state index in [0.717, 1.165) is 0 Å². The van der Waals surface area contributed by atoms with Gasteiger partial charge in [0, 0.05) is 5.56 Å². The summed E-state index contributed by atoms with van der Waals surface area (Å²) in [5.74, 6) is 0.287. The van der Waals surface area contributed by atoms with Gasteiger partial charge in [0.05, 0.1) is 6.42 Å². The van der Waals surface area contributed by atoms with Gasteiger partial charge in [-0.2, -0.15) is 0 Å². The molecule has 0 spiro atoms. The van der Waals surface area contributed by atoms with Gasteiger partial charge in [-0.15, -0.1) is 0 Å². The molecule has 0 saturated carbocycles. The highest BCUT2D eigenvalue weighted by atomic mass is 16.7. The van der Waals surface area contributed by atoms with E-state index in [9.17, 15) is 14.7 Å². The first-order valence-corrected chi connectivity index (χ1v) is 6.88. The third-order valence-corrected chi connectivity index (χ3v) is 3.23. The number of hydrazine groups is 1. The molecular formula is C16H14N2O5. The Balaban J connectivity index is 1.55. The number of aromatic hydroxyl groups is 1. The Morgan fingerprint density at radius 3 is 2.70 bits per heavy atom. The van der Waals surface area contributed by atoms with Gasteiger partial charge in [-0.25, -0.2) is 0 Å². The number of carbonyl (C=O) groups excluding carboxylic acids is 2. The molecule has 1 aliphatic heterocycles. The molecule has 2 amide bonds. The first-order valence-electron chi connectivity index (χ1n) is 6.88. The molecular weight excluding hydrogens is 300 g/mol. The van der Waals surface area contributed by atoms with Crippen LogP contribution < -0.4 is 20.3 Å². The number of rotatable bonds is 3. The first kappa shape index (κ1) is 14.7. The van der Waals surface area contributed by atoms with Gasteiger partial charge in [0.1, 0.15) is 5.75 Å². The predicted molar refractivity (Wildman–Crippen MR) is 80.0 cm³/mol. The van der Waals surface area contributed by atoms with E-state index >= 15 is 0 Å². The van der Waals surface area contributed by atoms with Crippen molar-refractivity contribution in [3.05, 3.63) is 53.6 Å². The van der Waals surface area contributed by atoms with Crippen molar-refractivity contribution in [2.75, 3.05) is 6.79 Å². The largest absolute Gasteiger partial charge is 0.508 e. The minimum atomic E-state index is -0.465. The zero-order valence-electron chi connectivity index (χ0n) is 12.0. The summed E-state index contributed by atoms with van der Waals surface area (Å²) in [7, 11) is 0. The van der Waals surface area contributed by atoms with Gasteiger partial charge in [-0.1, -0.05) is 12.1 Å². The van der Waals surface area contributed by atoms with Gasteiger partial charge in [0.2, 0.25) is 12.7 Å². The molecule has 0 aromatic heterocycles. The zero-order valence-corrected chi connectivity index (χ0v) is 12.0. The number of hydrogen-bond donors (Lipinski definition) is 3. The molecule has 1 heterocycles. The number of carbonyl (C=O) groups is 2. The van der Waals surface area contributed by atoms with Crippen molar-refractivity contribution in [1.82, 2.24) is 10.9 Å². The van der Waals surface area contributed by atoms with E-state index in [1.807, 2.05) is 0 Å². The fourth-order valence-electron chi connectivity index (χ4n) is 2.13. The van der Waals surface area contributed by atoms with Gasteiger partial charge >= 0.3 is 0 Å². The van der Waals surface area contributed by atoms with Gasteiger partial charge in [-0.05, 0) is 35.9 Å². The van der Waals surface area contributed by atoms with Gasteiger partial charge in [0.15, 0.2) is 11.5 Å². The number of amides is 2. The van der Waals surface area contributed by atoms with Crippen molar-refractivity contribution >= 4 is 11.8 Å². The molecule has 7 heteroatoms. The van der Waals surface area contributed by atoms with E-state index < -0.39 is 11.8 Å². The highest BCUT2D eigenvalue weighted by Gasteiger charge is 2.16. The molecule has 2 aromatic carbocycles. The molecule has 0 bridgehead atoms. The number of phenols is 1. The quantitative estimate of drug-likeness (QED) is 0.738. The molecule has 0 unspecified atom stereocenters. The average Bonchev–Trinajstić information content (AvgIpc) is 3.00. The van der Waals surface area contributed by atoms with E-state index in [1.54, 1.807) is 30.3 Å². The fourth-order valence-corrected chi connectivity index (χ4v) is 2.13. The second-order valence-electron chi connectivity index (χ2n) is 4.92. The lowest BCUT2D eigenvalue weighted by Crippen LogP contribution is -2.42. The fraction of sp³-hybridized carbons (Fsp3) is 0.125. The Bertz CT molecular complexity index is 760. The molecule has 0 aliphatic carbocycles. The molecule has 23 heavy (non-hydrogen) atoms. The maximum absolute atomic E-state index is 12.0. The molecule has 118 valence electrons. The summed E-state index contributed by atoms with van der Waals surface area (Å²) in [6.45, 7) is 0.126. The Morgan fingerprint density at radius 1 is 1.04 bits per heavy atom. The van der Waals surface area contributed by atoms with Gasteiger partial charge in [0.25, 0.3) is 5.91 Å². The van der Waals surface area contributed by atoms with E-state index in [-0.39, 0.29) is 19.0 Å². The van der Waals surface area contributed by atoms with Crippen LogP contribution in [0.15, 0.2) is 42.5 Å². The lowest BCUT2D eigenvalue weighted by Gasteiger charge is -2.08. The smallest absolute Gasteiger partial charge is 0.269 e. The number of nitrogens with one attached hydrogen (secondary N) is 2. The van der Waals surface area contributed by atoms with Gasteiger partial charge < -0.3 is 14.6 Å². The Labute approximate surface area is 131 Å². The van der Waals surface area contributed by atoms with Crippen LogP contribution >= 0.6 is 0 Å². The molecule has 2 aromatic rings. The number of benzene rings is 2. The number of fused-ring (bicyclic) bond motifs is 1. The van der Waals surface area contributed by atoms with Crippen LogP contribution in [0.5, 0.6) is 17.2 Å². The summed E-state index contributed by atoms with van der Waals surface area (Å²) in [5, 5.41) is 9.35. The second kappa shape index (κ2) is 6.27. The molecule has 0 radical (unpaired) electrons. The molecule has 0 atom stereocenters. The highest BCUT2D eigenvalue weighted by molar-refractivity contribution is 5.96. The summed E-state index contributed by atoms with van der Waals surface area (Å²) in [5.41, 5.74) is 5.63. The second-order valence-corrected chi connectivity index (χ2v) is 4.92. The standard InChI is InChI=1S/C16H14N2O5/c19-12-3-1-2-10(6-12)7-15(20)17-18-16(21)11-4-5-13-14(8-11)23-9-22-13/h1-6,8,19H,7,9H2,(H,17,20)(H,18,21). The number of hydrogen-bond acceptors (Lipinski definition) is 5. The van der Waals surface area contributed by atoms with Crippen LogP contribution in [0, 0.1) is 0 Å². The highest BCUT2D eigenvalue weighted by Crippen LogP contribution is 2.32. The van der Waals surface area contributed by atoms with Crippen molar-refractivity contribution in [2.24, 2.45) is 0 Å². The molecule has 3 N–H and O–H groups in total. The molecule has 7 nitrogen and oxygen atoms in total. The lowest BCUT2D eigenvalue weighted by molar-refractivity contribution is -0.121. The SMILES string of the molecule is O=C(Cc1cccc(O)c1)NNC(=O)c1ccc2c(c1)OCO2. The van der Waals surface area contributed by atoms with E-state index in [2.05, 4.69) is 10.9 Å². The summed E-state index contributed by atoms with van der Waals surface area (Å²) in [6.07, 6.45) is 0.0375. The molecule has 3 rings (SSSR count). The van der Waals surface area contributed by atoms with E-state index in [4.69, 9.17) is 9.47 Å². The third-order valence-electron chi connectivity index (χ3n) is 3.23. The predicted octanol–water partition coefficient (Wildman–Crippen LogP) is 1.12. The first-order chi connectivity index (χ1) is 11.1. The van der Waals surface area contributed by atoms with Crippen LogP contribution in [-0.2, 0) is 11.2 Å². The summed E-state index contributed by atoms with van der Waals surface area (Å²) in [6, 6.07) is 11.1. The monoisotopic (exact) mass is 314 g/mol. The van der Waals surface area contributed by atoms with Crippen LogP contribution in [-0.4, -0.2) is 23.7 Å². The molecule has 1 aliphatic rings. The van der Waals surface area contributed by atoms with Crippen molar-refractivity contribution < 1.29 is 24.2 Å². The van der Waals surface area contributed by atoms with Crippen LogP contribution in [0.2, 0.25) is 0 Å². The lowest BCUT2D eigenvalue weighted by atomic mass is 10.1. The van der Waals surface area contributed by atoms with Crippen LogP contribution in [0.25, 0.3) is 0 Å². The van der Waals surface area contributed by atoms with Crippen molar-refractivity contribution in [1.29, 1.82) is 0 Å². The number of phenolic OH excluding ortho intramolecular Hbond substituents is 1. The van der Waals surface area contributed by atoms with Crippen molar-refractivity contribution in [3.8, 4) is 17.2 Å². The Hall–Kier alpha value is -3.22. The Morgan fingerprint density at radius 2 is 1.87 bits per heavy atom. The minimum Gasteiger partial charge on any atom is -0.508 e. The Kier molecular flexibility index (Phi) is 4.01. The summed E-state index contributed by atoms with van der Waals surface area (Å²) in [4.78, 5) is 23.8.